The molecular weight excluding hydrogens is 290 g/mol. The van der Waals surface area contributed by atoms with Crippen molar-refractivity contribution < 1.29 is 14.7 Å². The first-order valence-corrected chi connectivity index (χ1v) is 8.06. The number of piperidine rings is 1. The molecule has 0 aliphatic carbocycles. The van der Waals surface area contributed by atoms with Crippen LogP contribution < -0.4 is 5.32 Å². The zero-order chi connectivity index (χ0) is 15.4. The van der Waals surface area contributed by atoms with E-state index in [0.717, 1.165) is 18.5 Å². The maximum absolute atomic E-state index is 12.1. The van der Waals surface area contributed by atoms with E-state index in [0.29, 0.717) is 24.1 Å². The Morgan fingerprint density at radius 3 is 2.67 bits per heavy atom. The van der Waals surface area contributed by atoms with Crippen molar-refractivity contribution in [2.24, 2.45) is 5.92 Å². The fraction of sp³-hybridized carbons (Fsp3) is 0.643. The van der Waals surface area contributed by atoms with Crippen molar-refractivity contribution in [3.8, 4) is 0 Å². The van der Waals surface area contributed by atoms with Gasteiger partial charge < -0.3 is 10.0 Å². The van der Waals surface area contributed by atoms with Crippen molar-refractivity contribution in [3.63, 3.8) is 0 Å². The highest BCUT2D eigenvalue weighted by atomic mass is 32.1. The van der Waals surface area contributed by atoms with Gasteiger partial charge in [0.05, 0.1) is 5.69 Å². The molecule has 0 aromatic carbocycles. The van der Waals surface area contributed by atoms with Crippen LogP contribution in [0.2, 0.25) is 0 Å². The molecular formula is C14H21N3O3S. The molecule has 0 atom stereocenters. The topological polar surface area (TPSA) is 82.5 Å². The van der Waals surface area contributed by atoms with E-state index in [-0.39, 0.29) is 18.4 Å². The van der Waals surface area contributed by atoms with E-state index in [1.54, 1.807) is 4.90 Å². The number of carboxylic acid groups (broad SMARTS) is 1. The summed E-state index contributed by atoms with van der Waals surface area (Å²) in [6.07, 6.45) is 1.68. The average Bonchev–Trinajstić information content (AvgIpc) is 2.87. The van der Waals surface area contributed by atoms with Gasteiger partial charge >= 0.3 is 12.0 Å². The van der Waals surface area contributed by atoms with Crippen molar-refractivity contribution in [1.82, 2.24) is 9.88 Å². The van der Waals surface area contributed by atoms with E-state index < -0.39 is 5.97 Å². The van der Waals surface area contributed by atoms with Crippen LogP contribution in [0.25, 0.3) is 0 Å². The molecule has 2 rings (SSSR count). The van der Waals surface area contributed by atoms with E-state index in [1.165, 1.54) is 11.3 Å². The summed E-state index contributed by atoms with van der Waals surface area (Å²) in [6.45, 7) is 5.33. The van der Waals surface area contributed by atoms with Gasteiger partial charge in [0.15, 0.2) is 5.13 Å². The minimum Gasteiger partial charge on any atom is -0.481 e. The number of aromatic nitrogens is 1. The Morgan fingerprint density at radius 2 is 2.14 bits per heavy atom. The standard InChI is InChI=1S/C14H21N3O3S/c1-9(2)11-8-21-13(15-11)16-14(20)17-5-3-10(4-6-17)7-12(18)19/h8-10H,3-7H2,1-2H3,(H,18,19)(H,15,16,20). The van der Waals surface area contributed by atoms with Crippen molar-refractivity contribution >= 4 is 28.5 Å². The molecule has 1 aliphatic rings. The molecule has 0 bridgehead atoms. The normalized spacial score (nSPS) is 16.2. The number of likely N-dealkylation sites (tertiary alicyclic amines) is 1. The second-order valence-electron chi connectivity index (χ2n) is 5.69. The third kappa shape index (κ3) is 4.42. The van der Waals surface area contributed by atoms with Gasteiger partial charge in [0, 0.05) is 24.9 Å². The van der Waals surface area contributed by atoms with E-state index in [9.17, 15) is 9.59 Å². The fourth-order valence-corrected chi connectivity index (χ4v) is 3.23. The summed E-state index contributed by atoms with van der Waals surface area (Å²) in [5.74, 6) is -0.237. The molecule has 1 aliphatic heterocycles. The first-order valence-electron chi connectivity index (χ1n) is 7.19. The van der Waals surface area contributed by atoms with Gasteiger partial charge in [0.2, 0.25) is 0 Å². The molecule has 116 valence electrons. The smallest absolute Gasteiger partial charge is 0.323 e. The number of nitrogens with zero attached hydrogens (tertiary/aromatic N) is 2. The van der Waals surface area contributed by atoms with Gasteiger partial charge in [-0.05, 0) is 24.7 Å². The first-order chi connectivity index (χ1) is 9.95. The molecule has 2 heterocycles. The van der Waals surface area contributed by atoms with E-state index in [2.05, 4.69) is 24.1 Å². The van der Waals surface area contributed by atoms with Gasteiger partial charge in [-0.3, -0.25) is 10.1 Å². The van der Waals surface area contributed by atoms with Crippen molar-refractivity contribution in [2.45, 2.75) is 39.0 Å². The molecule has 7 heteroatoms. The summed E-state index contributed by atoms with van der Waals surface area (Å²) in [6, 6.07) is -0.145. The molecule has 0 spiro atoms. The number of hydrogen-bond acceptors (Lipinski definition) is 4. The molecule has 0 saturated carbocycles. The zero-order valence-corrected chi connectivity index (χ0v) is 13.2. The summed E-state index contributed by atoms with van der Waals surface area (Å²) in [7, 11) is 0. The quantitative estimate of drug-likeness (QED) is 0.895. The largest absolute Gasteiger partial charge is 0.481 e. The Labute approximate surface area is 128 Å². The van der Waals surface area contributed by atoms with Gasteiger partial charge in [-0.15, -0.1) is 11.3 Å². The van der Waals surface area contributed by atoms with Crippen LogP contribution in [-0.4, -0.2) is 40.1 Å². The molecule has 0 unspecified atom stereocenters. The van der Waals surface area contributed by atoms with Gasteiger partial charge in [-0.25, -0.2) is 9.78 Å². The predicted octanol–water partition coefficient (Wildman–Crippen LogP) is 2.99. The predicted molar refractivity (Wildman–Crippen MR) is 81.8 cm³/mol. The molecule has 1 aromatic rings. The third-order valence-corrected chi connectivity index (χ3v) is 4.47. The maximum atomic E-state index is 12.1. The number of anilines is 1. The molecule has 1 aromatic heterocycles. The summed E-state index contributed by atoms with van der Waals surface area (Å²) >= 11 is 1.43. The monoisotopic (exact) mass is 311 g/mol. The molecule has 1 saturated heterocycles. The highest BCUT2D eigenvalue weighted by Crippen LogP contribution is 2.24. The highest BCUT2D eigenvalue weighted by molar-refractivity contribution is 7.13. The van der Waals surface area contributed by atoms with E-state index in [1.807, 2.05) is 5.38 Å². The van der Waals surface area contributed by atoms with E-state index >= 15 is 0 Å². The van der Waals surface area contributed by atoms with E-state index in [4.69, 9.17) is 5.11 Å². The highest BCUT2D eigenvalue weighted by Gasteiger charge is 2.24. The summed E-state index contributed by atoms with van der Waals surface area (Å²) in [5.41, 5.74) is 0.982. The lowest BCUT2D eigenvalue weighted by molar-refractivity contribution is -0.138. The Hall–Kier alpha value is -1.63. The Kier molecular flexibility index (Phi) is 5.17. The summed E-state index contributed by atoms with van der Waals surface area (Å²) in [5, 5.41) is 14.2. The molecule has 21 heavy (non-hydrogen) atoms. The number of nitrogens with one attached hydrogen (secondary N) is 1. The number of thiazole rings is 1. The Morgan fingerprint density at radius 1 is 1.48 bits per heavy atom. The van der Waals surface area contributed by atoms with Crippen LogP contribution >= 0.6 is 11.3 Å². The van der Waals surface area contributed by atoms with Crippen LogP contribution in [-0.2, 0) is 4.79 Å². The maximum Gasteiger partial charge on any atom is 0.323 e. The first kappa shape index (κ1) is 15.8. The molecule has 2 N–H and O–H groups in total. The van der Waals surface area contributed by atoms with Crippen LogP contribution in [0.5, 0.6) is 0 Å². The van der Waals surface area contributed by atoms with Crippen LogP contribution in [0.1, 0.15) is 44.7 Å². The lowest BCUT2D eigenvalue weighted by atomic mass is 9.94. The second kappa shape index (κ2) is 6.89. The minimum absolute atomic E-state index is 0.145. The van der Waals surface area contributed by atoms with Crippen molar-refractivity contribution in [1.29, 1.82) is 0 Å². The molecule has 2 amide bonds. The fourth-order valence-electron chi connectivity index (χ4n) is 2.37. The summed E-state index contributed by atoms with van der Waals surface area (Å²) < 4.78 is 0. The number of carbonyl (C=O) groups excluding carboxylic acids is 1. The van der Waals surface area contributed by atoms with Crippen molar-refractivity contribution in [2.75, 3.05) is 18.4 Å². The summed E-state index contributed by atoms with van der Waals surface area (Å²) in [4.78, 5) is 28.9. The van der Waals surface area contributed by atoms with Crippen LogP contribution in [0.4, 0.5) is 9.93 Å². The average molecular weight is 311 g/mol. The van der Waals surface area contributed by atoms with Crippen LogP contribution in [0, 0.1) is 5.92 Å². The number of carbonyl (C=O) groups is 2. The number of hydrogen-bond donors (Lipinski definition) is 2. The Bertz CT molecular complexity index is 507. The van der Waals surface area contributed by atoms with Gasteiger partial charge in [0.1, 0.15) is 0 Å². The Balaban J connectivity index is 1.83. The third-order valence-electron chi connectivity index (χ3n) is 3.69. The number of amides is 2. The zero-order valence-electron chi connectivity index (χ0n) is 12.3. The van der Waals surface area contributed by atoms with Crippen LogP contribution in [0.15, 0.2) is 5.38 Å². The SMILES string of the molecule is CC(C)c1csc(NC(=O)N2CCC(CC(=O)O)CC2)n1. The number of urea groups is 1. The lowest BCUT2D eigenvalue weighted by Crippen LogP contribution is -2.41. The number of rotatable bonds is 4. The number of carboxylic acids is 1. The van der Waals surface area contributed by atoms with Gasteiger partial charge in [-0.1, -0.05) is 13.8 Å². The van der Waals surface area contributed by atoms with Gasteiger partial charge in [-0.2, -0.15) is 0 Å². The second-order valence-corrected chi connectivity index (χ2v) is 6.55. The van der Waals surface area contributed by atoms with Gasteiger partial charge in [0.25, 0.3) is 0 Å². The van der Waals surface area contributed by atoms with Crippen molar-refractivity contribution in [3.05, 3.63) is 11.1 Å². The number of aliphatic carboxylic acids is 1. The van der Waals surface area contributed by atoms with Crippen LogP contribution in [0.3, 0.4) is 0 Å². The molecule has 6 nitrogen and oxygen atoms in total. The molecule has 0 radical (unpaired) electrons. The minimum atomic E-state index is -0.762. The molecule has 1 fully saturated rings. The lowest BCUT2D eigenvalue weighted by Gasteiger charge is -2.31.